The number of carbonyl (C=O) groups excluding carboxylic acids is 1. The summed E-state index contributed by atoms with van der Waals surface area (Å²) in [5.74, 6) is 2.40. The molecule has 3 rings (SSSR count). The van der Waals surface area contributed by atoms with Gasteiger partial charge in [-0.25, -0.2) is 9.78 Å². The molecule has 24 heavy (non-hydrogen) atoms. The molecule has 1 N–H and O–H groups in total. The van der Waals surface area contributed by atoms with E-state index in [9.17, 15) is 4.79 Å². The molecule has 128 valence electrons. The summed E-state index contributed by atoms with van der Waals surface area (Å²) in [5.41, 5.74) is 1.84. The summed E-state index contributed by atoms with van der Waals surface area (Å²) in [4.78, 5) is 16.1. The number of rotatable bonds is 4. The van der Waals surface area contributed by atoms with E-state index in [1.807, 2.05) is 13.0 Å². The van der Waals surface area contributed by atoms with Crippen molar-refractivity contribution in [3.63, 3.8) is 0 Å². The third kappa shape index (κ3) is 3.45. The fraction of sp³-hybridized carbons (Fsp3) is 0.474. The molecule has 2 aromatic heterocycles. The Bertz CT molecular complexity index is 732. The van der Waals surface area contributed by atoms with Crippen LogP contribution < -0.4 is 5.32 Å². The molecule has 2 heterocycles. The molecule has 5 nitrogen and oxygen atoms in total. The first kappa shape index (κ1) is 16.6. The zero-order valence-corrected chi connectivity index (χ0v) is 14.7. The lowest BCUT2D eigenvalue weighted by Crippen LogP contribution is -2.28. The number of aryl methyl sites for hydroxylation is 1. The van der Waals surface area contributed by atoms with Crippen LogP contribution in [0.4, 0.5) is 5.82 Å². The number of fused-ring (bicyclic) bond motifs is 1. The lowest BCUT2D eigenvalue weighted by molar-refractivity contribution is 0.0526. The van der Waals surface area contributed by atoms with E-state index in [0.29, 0.717) is 12.2 Å². The SMILES string of the molecule is CCOC(=O)c1ccc(N[C@H]2CC(C)(C)Cc3oc(C)cc32)nc1. The van der Waals surface area contributed by atoms with Crippen LogP contribution in [0.25, 0.3) is 0 Å². The molecule has 0 saturated heterocycles. The Morgan fingerprint density at radius 1 is 1.46 bits per heavy atom. The first-order valence-electron chi connectivity index (χ1n) is 8.37. The van der Waals surface area contributed by atoms with Crippen molar-refractivity contribution in [2.75, 3.05) is 11.9 Å². The van der Waals surface area contributed by atoms with Crippen LogP contribution in [-0.4, -0.2) is 17.6 Å². The van der Waals surface area contributed by atoms with Crippen LogP contribution in [-0.2, 0) is 11.2 Å². The highest BCUT2D eigenvalue weighted by Crippen LogP contribution is 2.43. The molecule has 5 heteroatoms. The normalized spacial score (nSPS) is 18.8. The molecule has 0 spiro atoms. The summed E-state index contributed by atoms with van der Waals surface area (Å²) in [6, 6.07) is 5.82. The minimum atomic E-state index is -0.344. The van der Waals surface area contributed by atoms with Gasteiger partial charge < -0.3 is 14.5 Å². The number of aromatic nitrogens is 1. The van der Waals surface area contributed by atoms with Crippen LogP contribution in [0.3, 0.4) is 0 Å². The largest absolute Gasteiger partial charge is 0.466 e. The molecule has 0 bridgehead atoms. The summed E-state index contributed by atoms with van der Waals surface area (Å²) in [6.45, 7) is 8.63. The van der Waals surface area contributed by atoms with Gasteiger partial charge in [0.25, 0.3) is 0 Å². The minimum absolute atomic E-state index is 0.155. The summed E-state index contributed by atoms with van der Waals surface area (Å²) < 4.78 is 10.8. The Morgan fingerprint density at radius 3 is 2.92 bits per heavy atom. The molecule has 0 aliphatic heterocycles. The maximum Gasteiger partial charge on any atom is 0.339 e. The second-order valence-corrected chi connectivity index (χ2v) is 7.13. The smallest absolute Gasteiger partial charge is 0.339 e. The molecule has 0 aromatic carbocycles. The second kappa shape index (κ2) is 6.30. The van der Waals surface area contributed by atoms with E-state index in [-0.39, 0.29) is 17.4 Å². The van der Waals surface area contributed by atoms with Gasteiger partial charge in [0.1, 0.15) is 17.3 Å². The van der Waals surface area contributed by atoms with Gasteiger partial charge in [-0.1, -0.05) is 13.8 Å². The number of pyridine rings is 1. The zero-order chi connectivity index (χ0) is 17.3. The van der Waals surface area contributed by atoms with Crippen LogP contribution in [0.15, 0.2) is 28.8 Å². The van der Waals surface area contributed by atoms with Gasteiger partial charge >= 0.3 is 5.97 Å². The molecule has 1 aliphatic carbocycles. The van der Waals surface area contributed by atoms with Crippen molar-refractivity contribution in [1.82, 2.24) is 4.98 Å². The van der Waals surface area contributed by atoms with Gasteiger partial charge in [0.05, 0.1) is 18.2 Å². The highest BCUT2D eigenvalue weighted by molar-refractivity contribution is 5.89. The van der Waals surface area contributed by atoms with Crippen molar-refractivity contribution in [2.24, 2.45) is 5.41 Å². The van der Waals surface area contributed by atoms with Gasteiger partial charge in [0, 0.05) is 18.2 Å². The molecule has 0 radical (unpaired) electrons. The molecular formula is C19H24N2O3. The number of esters is 1. The predicted octanol–water partition coefficient (Wildman–Crippen LogP) is 4.29. The minimum Gasteiger partial charge on any atom is -0.466 e. The fourth-order valence-corrected chi connectivity index (χ4v) is 3.31. The summed E-state index contributed by atoms with van der Waals surface area (Å²) >= 11 is 0. The monoisotopic (exact) mass is 328 g/mol. The number of hydrogen-bond donors (Lipinski definition) is 1. The molecule has 0 saturated carbocycles. The van der Waals surface area contributed by atoms with Gasteiger partial charge in [-0.05, 0) is 43.9 Å². The van der Waals surface area contributed by atoms with E-state index in [1.54, 1.807) is 19.2 Å². The Balaban J connectivity index is 1.79. The molecule has 1 aliphatic rings. The molecule has 1 atom stereocenters. The molecular weight excluding hydrogens is 304 g/mol. The van der Waals surface area contributed by atoms with E-state index in [0.717, 1.165) is 30.2 Å². The maximum absolute atomic E-state index is 11.7. The highest BCUT2D eigenvalue weighted by atomic mass is 16.5. The van der Waals surface area contributed by atoms with Crippen LogP contribution in [0, 0.1) is 12.3 Å². The summed E-state index contributed by atoms with van der Waals surface area (Å²) in [6.07, 6.45) is 3.50. The second-order valence-electron chi connectivity index (χ2n) is 7.13. The maximum atomic E-state index is 11.7. The van der Waals surface area contributed by atoms with Gasteiger partial charge in [0.2, 0.25) is 0 Å². The van der Waals surface area contributed by atoms with E-state index in [4.69, 9.17) is 9.15 Å². The average Bonchev–Trinajstić information content (AvgIpc) is 2.87. The van der Waals surface area contributed by atoms with E-state index in [1.165, 1.54) is 5.56 Å². The van der Waals surface area contributed by atoms with Crippen molar-refractivity contribution >= 4 is 11.8 Å². The molecule has 0 fully saturated rings. The van der Waals surface area contributed by atoms with Crippen LogP contribution >= 0.6 is 0 Å². The standard InChI is InChI=1S/C19H24N2O3/c1-5-23-18(22)13-6-7-17(20-11-13)21-15-9-19(3,4)10-16-14(15)8-12(2)24-16/h6-8,11,15H,5,9-10H2,1-4H3,(H,20,21)/t15-/m0/s1. The molecule has 0 unspecified atom stereocenters. The zero-order valence-electron chi connectivity index (χ0n) is 14.7. The van der Waals surface area contributed by atoms with Crippen molar-refractivity contribution in [3.05, 3.63) is 47.0 Å². The number of furan rings is 1. The first-order chi connectivity index (χ1) is 11.4. The predicted molar refractivity (Wildman–Crippen MR) is 92.1 cm³/mol. The van der Waals surface area contributed by atoms with Gasteiger partial charge in [-0.3, -0.25) is 0 Å². The number of ether oxygens (including phenoxy) is 1. The van der Waals surface area contributed by atoms with Crippen LogP contribution in [0.2, 0.25) is 0 Å². The lowest BCUT2D eigenvalue weighted by atomic mass is 9.75. The van der Waals surface area contributed by atoms with Gasteiger partial charge in [0.15, 0.2) is 0 Å². The third-order valence-corrected chi connectivity index (χ3v) is 4.33. The van der Waals surface area contributed by atoms with Crippen LogP contribution in [0.1, 0.15) is 60.7 Å². The average molecular weight is 328 g/mol. The quantitative estimate of drug-likeness (QED) is 0.848. The third-order valence-electron chi connectivity index (χ3n) is 4.33. The lowest BCUT2D eigenvalue weighted by Gasteiger charge is -2.35. The fourth-order valence-electron chi connectivity index (χ4n) is 3.31. The topological polar surface area (TPSA) is 64.4 Å². The number of nitrogens with one attached hydrogen (secondary N) is 1. The van der Waals surface area contributed by atoms with Crippen molar-refractivity contribution in [2.45, 2.75) is 46.6 Å². The molecule has 0 amide bonds. The van der Waals surface area contributed by atoms with Crippen LogP contribution in [0.5, 0.6) is 0 Å². The van der Waals surface area contributed by atoms with Gasteiger partial charge in [-0.15, -0.1) is 0 Å². The summed E-state index contributed by atoms with van der Waals surface area (Å²) in [7, 11) is 0. The van der Waals surface area contributed by atoms with E-state index >= 15 is 0 Å². The Kier molecular flexibility index (Phi) is 4.35. The Morgan fingerprint density at radius 2 is 2.25 bits per heavy atom. The Hall–Kier alpha value is -2.30. The number of anilines is 1. The van der Waals surface area contributed by atoms with Crippen molar-refractivity contribution < 1.29 is 13.9 Å². The van der Waals surface area contributed by atoms with E-state index < -0.39 is 0 Å². The number of hydrogen-bond acceptors (Lipinski definition) is 5. The Labute approximate surface area is 142 Å². The van der Waals surface area contributed by atoms with E-state index in [2.05, 4.69) is 30.2 Å². The number of nitrogens with zero attached hydrogens (tertiary/aromatic N) is 1. The van der Waals surface area contributed by atoms with Gasteiger partial charge in [-0.2, -0.15) is 0 Å². The highest BCUT2D eigenvalue weighted by Gasteiger charge is 2.35. The first-order valence-corrected chi connectivity index (χ1v) is 8.37. The number of carbonyl (C=O) groups is 1. The van der Waals surface area contributed by atoms with Crippen molar-refractivity contribution in [1.29, 1.82) is 0 Å². The molecule has 2 aromatic rings. The summed E-state index contributed by atoms with van der Waals surface area (Å²) in [5, 5.41) is 3.48. The van der Waals surface area contributed by atoms with Crippen molar-refractivity contribution in [3.8, 4) is 0 Å².